The summed E-state index contributed by atoms with van der Waals surface area (Å²) in [5.41, 5.74) is 2.07. The molecule has 1 saturated heterocycles. The molecule has 1 atom stereocenters. The zero-order valence-corrected chi connectivity index (χ0v) is 12.0. The molecule has 0 aliphatic carbocycles. The average molecular weight is 276 g/mol. The minimum atomic E-state index is -0.372. The highest BCUT2D eigenvalue weighted by molar-refractivity contribution is 5.96. The number of hydrogen-bond donors (Lipinski definition) is 0. The normalized spacial score (nSPS) is 22.2. The second kappa shape index (κ2) is 5.42. The van der Waals surface area contributed by atoms with Crippen LogP contribution in [-0.4, -0.2) is 57.3 Å². The van der Waals surface area contributed by atoms with Gasteiger partial charge in [-0.15, -0.1) is 0 Å². The van der Waals surface area contributed by atoms with Crippen LogP contribution in [0.1, 0.15) is 5.56 Å². The molecule has 0 unspecified atom stereocenters. The van der Waals surface area contributed by atoms with E-state index in [4.69, 9.17) is 9.47 Å². The number of nitrogens with zero attached hydrogens (tertiary/aromatic N) is 2. The largest absolute Gasteiger partial charge is 0.493 e. The quantitative estimate of drug-likeness (QED) is 0.805. The van der Waals surface area contributed by atoms with Crippen LogP contribution in [0.5, 0.6) is 5.75 Å². The van der Waals surface area contributed by atoms with Crippen LogP contribution in [0.25, 0.3) is 0 Å². The predicted molar refractivity (Wildman–Crippen MR) is 76.3 cm³/mol. The molecule has 1 aromatic carbocycles. The standard InChI is InChI=1S/C15H20N2O3/c1-16-6-8-20-14(10-16)15(18)17(2)12-3-4-13-11(9-12)5-7-19-13/h3-4,9,14H,5-8,10H2,1-2H3/t14-/m0/s1. The number of carbonyl (C=O) groups excluding carboxylic acids is 1. The van der Waals surface area contributed by atoms with Crippen molar-refractivity contribution in [1.29, 1.82) is 0 Å². The molecule has 0 saturated carbocycles. The van der Waals surface area contributed by atoms with Crippen molar-refractivity contribution in [2.75, 3.05) is 45.3 Å². The molecular formula is C15H20N2O3. The summed E-state index contributed by atoms with van der Waals surface area (Å²) in [6.45, 7) is 2.87. The Morgan fingerprint density at radius 2 is 2.25 bits per heavy atom. The van der Waals surface area contributed by atoms with E-state index in [0.29, 0.717) is 13.2 Å². The number of fused-ring (bicyclic) bond motifs is 1. The molecule has 0 bridgehead atoms. The van der Waals surface area contributed by atoms with Crippen molar-refractivity contribution in [3.8, 4) is 5.75 Å². The number of amides is 1. The Balaban J connectivity index is 1.74. The summed E-state index contributed by atoms with van der Waals surface area (Å²) in [7, 11) is 3.81. The van der Waals surface area contributed by atoms with Gasteiger partial charge in [-0.3, -0.25) is 4.79 Å². The van der Waals surface area contributed by atoms with E-state index in [-0.39, 0.29) is 12.0 Å². The lowest BCUT2D eigenvalue weighted by Crippen LogP contribution is -2.49. The maximum atomic E-state index is 12.5. The highest BCUT2D eigenvalue weighted by Crippen LogP contribution is 2.29. The molecule has 1 amide bonds. The molecule has 2 heterocycles. The molecular weight excluding hydrogens is 256 g/mol. The minimum Gasteiger partial charge on any atom is -0.493 e. The number of morpholine rings is 1. The second-order valence-electron chi connectivity index (χ2n) is 5.41. The second-order valence-corrected chi connectivity index (χ2v) is 5.41. The van der Waals surface area contributed by atoms with E-state index in [1.807, 2.05) is 25.2 Å². The molecule has 1 aromatic rings. The van der Waals surface area contributed by atoms with Crippen molar-refractivity contribution in [2.45, 2.75) is 12.5 Å². The number of hydrogen-bond acceptors (Lipinski definition) is 4. The zero-order valence-electron chi connectivity index (χ0n) is 12.0. The summed E-state index contributed by atoms with van der Waals surface area (Å²) >= 11 is 0. The molecule has 108 valence electrons. The third-order valence-electron chi connectivity index (χ3n) is 3.94. The first-order valence-corrected chi connectivity index (χ1v) is 6.98. The first kappa shape index (κ1) is 13.4. The molecule has 3 rings (SSSR count). The number of likely N-dealkylation sites (N-methyl/N-ethyl adjacent to an activating group) is 2. The first-order valence-electron chi connectivity index (χ1n) is 6.98. The van der Waals surface area contributed by atoms with Crippen molar-refractivity contribution in [2.24, 2.45) is 0 Å². The Morgan fingerprint density at radius 3 is 3.05 bits per heavy atom. The number of anilines is 1. The van der Waals surface area contributed by atoms with Gasteiger partial charge in [-0.25, -0.2) is 0 Å². The summed E-state index contributed by atoms with van der Waals surface area (Å²) in [6.07, 6.45) is 0.539. The average Bonchev–Trinajstić information content (AvgIpc) is 2.93. The molecule has 0 aromatic heterocycles. The van der Waals surface area contributed by atoms with E-state index < -0.39 is 0 Å². The van der Waals surface area contributed by atoms with Gasteiger partial charge in [0.05, 0.1) is 13.2 Å². The van der Waals surface area contributed by atoms with Crippen LogP contribution in [0.2, 0.25) is 0 Å². The molecule has 0 radical (unpaired) electrons. The zero-order chi connectivity index (χ0) is 14.1. The Hall–Kier alpha value is -1.59. The predicted octanol–water partition coefficient (Wildman–Crippen LogP) is 0.915. The van der Waals surface area contributed by atoms with Crippen LogP contribution in [0.4, 0.5) is 5.69 Å². The summed E-state index contributed by atoms with van der Waals surface area (Å²) in [4.78, 5) is 16.3. The van der Waals surface area contributed by atoms with Crippen molar-refractivity contribution in [3.05, 3.63) is 23.8 Å². The van der Waals surface area contributed by atoms with Crippen LogP contribution in [0, 0.1) is 0 Å². The number of rotatable bonds is 2. The summed E-state index contributed by atoms with van der Waals surface area (Å²) in [5.74, 6) is 0.943. The Bertz CT molecular complexity index is 518. The molecule has 20 heavy (non-hydrogen) atoms. The van der Waals surface area contributed by atoms with Crippen molar-refractivity contribution < 1.29 is 14.3 Å². The van der Waals surface area contributed by atoms with Crippen molar-refractivity contribution in [1.82, 2.24) is 4.90 Å². The van der Waals surface area contributed by atoms with Gasteiger partial charge in [0.1, 0.15) is 11.9 Å². The van der Waals surface area contributed by atoms with Gasteiger partial charge in [-0.2, -0.15) is 0 Å². The van der Waals surface area contributed by atoms with Gasteiger partial charge in [0.25, 0.3) is 5.91 Å². The smallest absolute Gasteiger partial charge is 0.257 e. The summed E-state index contributed by atoms with van der Waals surface area (Å²) in [6, 6.07) is 5.90. The molecule has 0 N–H and O–H groups in total. The monoisotopic (exact) mass is 276 g/mol. The highest BCUT2D eigenvalue weighted by atomic mass is 16.5. The third kappa shape index (κ3) is 2.51. The van der Waals surface area contributed by atoms with Gasteiger partial charge in [0.2, 0.25) is 0 Å². The van der Waals surface area contributed by atoms with Crippen LogP contribution >= 0.6 is 0 Å². The van der Waals surface area contributed by atoms with Gasteiger partial charge in [-0.1, -0.05) is 0 Å². The summed E-state index contributed by atoms with van der Waals surface area (Å²) < 4.78 is 11.1. The molecule has 5 heteroatoms. The fourth-order valence-electron chi connectivity index (χ4n) is 2.65. The van der Waals surface area contributed by atoms with E-state index in [1.165, 1.54) is 5.56 Å². The lowest BCUT2D eigenvalue weighted by Gasteiger charge is -2.31. The highest BCUT2D eigenvalue weighted by Gasteiger charge is 2.28. The number of carbonyl (C=O) groups is 1. The number of benzene rings is 1. The van der Waals surface area contributed by atoms with Crippen LogP contribution < -0.4 is 9.64 Å². The van der Waals surface area contributed by atoms with Crippen molar-refractivity contribution in [3.63, 3.8) is 0 Å². The fraction of sp³-hybridized carbons (Fsp3) is 0.533. The lowest BCUT2D eigenvalue weighted by atomic mass is 10.1. The molecule has 0 spiro atoms. The molecule has 1 fully saturated rings. The van der Waals surface area contributed by atoms with Gasteiger partial charge < -0.3 is 19.3 Å². The topological polar surface area (TPSA) is 42.0 Å². The lowest BCUT2D eigenvalue weighted by molar-refractivity contribution is -0.134. The van der Waals surface area contributed by atoms with Gasteiger partial charge in [0.15, 0.2) is 0 Å². The van der Waals surface area contributed by atoms with Crippen molar-refractivity contribution >= 4 is 11.6 Å². The van der Waals surface area contributed by atoms with Gasteiger partial charge >= 0.3 is 0 Å². The maximum Gasteiger partial charge on any atom is 0.257 e. The van der Waals surface area contributed by atoms with E-state index in [1.54, 1.807) is 11.9 Å². The van der Waals surface area contributed by atoms with E-state index in [0.717, 1.165) is 31.0 Å². The molecule has 2 aliphatic heterocycles. The first-order chi connectivity index (χ1) is 9.65. The SMILES string of the molecule is CN1CCO[C@H](C(=O)N(C)c2ccc3c(c2)CCO3)C1. The number of ether oxygens (including phenoxy) is 2. The third-order valence-corrected chi connectivity index (χ3v) is 3.94. The summed E-state index contributed by atoms with van der Waals surface area (Å²) in [5, 5.41) is 0. The van der Waals surface area contributed by atoms with E-state index in [2.05, 4.69) is 4.90 Å². The maximum absolute atomic E-state index is 12.5. The molecule has 5 nitrogen and oxygen atoms in total. The van der Waals surface area contributed by atoms with Crippen LogP contribution in [-0.2, 0) is 16.0 Å². The van der Waals surface area contributed by atoms with Gasteiger partial charge in [0, 0.05) is 32.2 Å². The fourth-order valence-corrected chi connectivity index (χ4v) is 2.65. The Labute approximate surface area is 119 Å². The molecule has 2 aliphatic rings. The Kier molecular flexibility index (Phi) is 3.63. The van der Waals surface area contributed by atoms with Crippen LogP contribution in [0.3, 0.4) is 0 Å². The van der Waals surface area contributed by atoms with Gasteiger partial charge in [-0.05, 0) is 30.8 Å². The Morgan fingerprint density at radius 1 is 1.40 bits per heavy atom. The minimum absolute atomic E-state index is 0.00964. The van der Waals surface area contributed by atoms with E-state index in [9.17, 15) is 4.79 Å². The van der Waals surface area contributed by atoms with E-state index >= 15 is 0 Å². The van der Waals surface area contributed by atoms with Crippen LogP contribution in [0.15, 0.2) is 18.2 Å².